The van der Waals surface area contributed by atoms with Crippen molar-refractivity contribution in [2.45, 2.75) is 19.4 Å². The second kappa shape index (κ2) is 9.11. The first-order valence-electron chi connectivity index (χ1n) is 9.88. The summed E-state index contributed by atoms with van der Waals surface area (Å²) in [5.74, 6) is -0.652. The molecule has 160 valence electrons. The van der Waals surface area contributed by atoms with Crippen LogP contribution in [0, 0.1) is 0 Å². The van der Waals surface area contributed by atoms with Crippen LogP contribution in [0.3, 0.4) is 0 Å². The summed E-state index contributed by atoms with van der Waals surface area (Å²) in [6.45, 7) is 1.49. The Morgan fingerprint density at radius 1 is 1.06 bits per heavy atom. The maximum atomic E-state index is 12.9. The second-order valence-corrected chi connectivity index (χ2v) is 8.74. The molecule has 9 heteroatoms. The molecule has 2 aliphatic heterocycles. The predicted molar refractivity (Wildman–Crippen MR) is 119 cm³/mol. The number of amides is 4. The highest BCUT2D eigenvalue weighted by molar-refractivity contribution is 8.14. The van der Waals surface area contributed by atoms with Crippen LogP contribution in [0.5, 0.6) is 0 Å². The van der Waals surface area contributed by atoms with Crippen LogP contribution in [0.25, 0.3) is 0 Å². The van der Waals surface area contributed by atoms with Gasteiger partial charge in [0.05, 0.1) is 23.5 Å². The van der Waals surface area contributed by atoms with Crippen molar-refractivity contribution in [2.75, 3.05) is 24.2 Å². The molecule has 0 aliphatic carbocycles. The largest absolute Gasteiger partial charge is 0.339 e. The van der Waals surface area contributed by atoms with Crippen LogP contribution in [-0.2, 0) is 11.3 Å². The van der Waals surface area contributed by atoms with Crippen LogP contribution in [0.1, 0.15) is 39.1 Å². The van der Waals surface area contributed by atoms with Crippen LogP contribution in [0.15, 0.2) is 42.5 Å². The molecule has 2 fully saturated rings. The number of likely N-dealkylation sites (tertiary alicyclic amines) is 1. The molecule has 0 radical (unpaired) electrons. The lowest BCUT2D eigenvalue weighted by molar-refractivity contribution is -0.125. The molecule has 1 N–H and O–H groups in total. The highest BCUT2D eigenvalue weighted by Crippen LogP contribution is 2.25. The highest BCUT2D eigenvalue weighted by atomic mass is 35.5. The van der Waals surface area contributed by atoms with Gasteiger partial charge in [0.15, 0.2) is 0 Å². The molecule has 2 aliphatic rings. The standard InChI is InChI=1S/C22H20ClN3O4S/c23-16-6-7-18(17(11-16)21(29)25-8-1-2-9-25)24-20(28)15-5-3-4-14(10-15)12-26-19(27)13-31-22(26)30/h3-7,10-11H,1-2,8-9,12-13H2,(H,24,28). The summed E-state index contributed by atoms with van der Waals surface area (Å²) in [5.41, 5.74) is 1.77. The fourth-order valence-electron chi connectivity index (χ4n) is 3.61. The fraction of sp³-hybridized carbons (Fsp3) is 0.273. The van der Waals surface area contributed by atoms with Gasteiger partial charge in [0.2, 0.25) is 5.91 Å². The molecule has 0 aromatic heterocycles. The van der Waals surface area contributed by atoms with Crippen molar-refractivity contribution in [1.29, 1.82) is 0 Å². The van der Waals surface area contributed by atoms with Crippen molar-refractivity contribution in [1.82, 2.24) is 9.80 Å². The van der Waals surface area contributed by atoms with Crippen molar-refractivity contribution in [3.05, 3.63) is 64.2 Å². The van der Waals surface area contributed by atoms with Gasteiger partial charge in [-0.05, 0) is 48.7 Å². The molecule has 2 aromatic carbocycles. The summed E-state index contributed by atoms with van der Waals surface area (Å²) >= 11 is 7.07. The number of anilines is 1. The lowest BCUT2D eigenvalue weighted by Crippen LogP contribution is -2.29. The molecule has 4 rings (SSSR count). The monoisotopic (exact) mass is 457 g/mol. The number of rotatable bonds is 5. The molecule has 2 aromatic rings. The zero-order valence-electron chi connectivity index (χ0n) is 16.6. The van der Waals surface area contributed by atoms with Crippen LogP contribution < -0.4 is 5.32 Å². The summed E-state index contributed by atoms with van der Waals surface area (Å²) in [6, 6.07) is 11.5. The zero-order valence-corrected chi connectivity index (χ0v) is 18.2. The Morgan fingerprint density at radius 2 is 1.84 bits per heavy atom. The molecule has 0 atom stereocenters. The van der Waals surface area contributed by atoms with Crippen LogP contribution in [-0.4, -0.2) is 51.6 Å². The molecule has 31 heavy (non-hydrogen) atoms. The van der Waals surface area contributed by atoms with E-state index in [2.05, 4.69) is 5.32 Å². The minimum Gasteiger partial charge on any atom is -0.339 e. The summed E-state index contributed by atoms with van der Waals surface area (Å²) in [7, 11) is 0. The Morgan fingerprint density at radius 3 is 2.55 bits per heavy atom. The van der Waals surface area contributed by atoms with E-state index in [9.17, 15) is 19.2 Å². The van der Waals surface area contributed by atoms with E-state index < -0.39 is 5.91 Å². The Kier molecular flexibility index (Phi) is 6.29. The predicted octanol–water partition coefficient (Wildman–Crippen LogP) is 4.02. The Hall–Kier alpha value is -2.84. The zero-order chi connectivity index (χ0) is 22.0. The van der Waals surface area contributed by atoms with E-state index in [-0.39, 0.29) is 29.4 Å². The molecular formula is C22H20ClN3O4S. The first kappa shape index (κ1) is 21.4. The first-order valence-corrected chi connectivity index (χ1v) is 11.2. The number of nitrogens with zero attached hydrogens (tertiary/aromatic N) is 2. The van der Waals surface area contributed by atoms with Crippen molar-refractivity contribution >= 4 is 52.0 Å². The number of hydrogen-bond donors (Lipinski definition) is 1. The van der Waals surface area contributed by atoms with E-state index >= 15 is 0 Å². The van der Waals surface area contributed by atoms with Gasteiger partial charge in [0.1, 0.15) is 0 Å². The Balaban J connectivity index is 1.53. The summed E-state index contributed by atoms with van der Waals surface area (Å²) in [5, 5.41) is 2.93. The van der Waals surface area contributed by atoms with Crippen LogP contribution in [0.2, 0.25) is 5.02 Å². The minimum atomic E-state index is -0.395. The molecule has 0 unspecified atom stereocenters. The smallest absolute Gasteiger partial charge is 0.289 e. The van der Waals surface area contributed by atoms with Crippen molar-refractivity contribution in [2.24, 2.45) is 0 Å². The van der Waals surface area contributed by atoms with Crippen molar-refractivity contribution in [3.63, 3.8) is 0 Å². The Labute approximate surface area is 188 Å². The molecule has 0 spiro atoms. The van der Waals surface area contributed by atoms with Gasteiger partial charge < -0.3 is 10.2 Å². The first-order chi connectivity index (χ1) is 14.9. The molecule has 0 bridgehead atoms. The van der Waals surface area contributed by atoms with Gasteiger partial charge in [-0.15, -0.1) is 0 Å². The second-order valence-electron chi connectivity index (χ2n) is 7.38. The van der Waals surface area contributed by atoms with Gasteiger partial charge in [0.25, 0.3) is 17.1 Å². The van der Waals surface area contributed by atoms with Gasteiger partial charge in [-0.1, -0.05) is 35.5 Å². The number of imide groups is 1. The summed E-state index contributed by atoms with van der Waals surface area (Å²) in [4.78, 5) is 52.4. The third-order valence-electron chi connectivity index (χ3n) is 5.22. The van der Waals surface area contributed by atoms with E-state index in [0.717, 1.165) is 24.6 Å². The lowest BCUT2D eigenvalue weighted by atomic mass is 10.1. The molecule has 4 amide bonds. The minimum absolute atomic E-state index is 0.116. The van der Waals surface area contributed by atoms with Gasteiger partial charge >= 0.3 is 0 Å². The van der Waals surface area contributed by atoms with Gasteiger partial charge in [-0.2, -0.15) is 0 Å². The average Bonchev–Trinajstić information content (AvgIpc) is 3.41. The third-order valence-corrected chi connectivity index (χ3v) is 6.32. The van der Waals surface area contributed by atoms with Crippen molar-refractivity contribution < 1.29 is 19.2 Å². The molecule has 0 saturated carbocycles. The topological polar surface area (TPSA) is 86.8 Å². The van der Waals surface area contributed by atoms with E-state index in [1.807, 2.05) is 0 Å². The molecule has 2 heterocycles. The average molecular weight is 458 g/mol. The van der Waals surface area contributed by atoms with Gasteiger partial charge in [-0.25, -0.2) is 0 Å². The molecule has 2 saturated heterocycles. The SMILES string of the molecule is O=C(Nc1ccc(Cl)cc1C(=O)N1CCCC1)c1cccc(CN2C(=O)CSC2=O)c1. The Bertz CT molecular complexity index is 1050. The maximum Gasteiger partial charge on any atom is 0.289 e. The number of hydrogen-bond acceptors (Lipinski definition) is 5. The molecule has 7 nitrogen and oxygen atoms in total. The van der Waals surface area contributed by atoms with E-state index in [4.69, 9.17) is 11.6 Å². The summed E-state index contributed by atoms with van der Waals surface area (Å²) < 4.78 is 0. The number of carbonyl (C=O) groups is 4. The molecular weight excluding hydrogens is 438 g/mol. The number of thioether (sulfide) groups is 1. The van der Waals surface area contributed by atoms with Gasteiger partial charge in [-0.3, -0.25) is 24.1 Å². The van der Waals surface area contributed by atoms with Gasteiger partial charge in [0, 0.05) is 23.7 Å². The number of carbonyl (C=O) groups excluding carboxylic acids is 4. The fourth-order valence-corrected chi connectivity index (χ4v) is 4.51. The van der Waals surface area contributed by atoms with Crippen LogP contribution >= 0.6 is 23.4 Å². The summed E-state index contributed by atoms with van der Waals surface area (Å²) in [6.07, 6.45) is 1.92. The number of benzene rings is 2. The van der Waals surface area contributed by atoms with Crippen LogP contribution in [0.4, 0.5) is 10.5 Å². The van der Waals surface area contributed by atoms with E-state index in [1.54, 1.807) is 47.4 Å². The number of nitrogens with one attached hydrogen (secondary N) is 1. The normalized spacial score (nSPS) is 16.2. The van der Waals surface area contributed by atoms with Crippen molar-refractivity contribution in [3.8, 4) is 0 Å². The number of halogens is 1. The van der Waals surface area contributed by atoms with E-state index in [1.165, 1.54) is 4.90 Å². The third kappa shape index (κ3) is 4.75. The lowest BCUT2D eigenvalue weighted by Gasteiger charge is -2.18. The highest BCUT2D eigenvalue weighted by Gasteiger charge is 2.30. The van der Waals surface area contributed by atoms with E-state index in [0.29, 0.717) is 40.5 Å². The maximum absolute atomic E-state index is 12.9. The quantitative estimate of drug-likeness (QED) is 0.732.